The van der Waals surface area contributed by atoms with Crippen molar-refractivity contribution in [2.45, 2.75) is 12.8 Å². The van der Waals surface area contributed by atoms with Crippen LogP contribution in [-0.2, 0) is 6.42 Å². The predicted molar refractivity (Wildman–Crippen MR) is 98.7 cm³/mol. The molecular formula is C21H17ClO3. The predicted octanol–water partition coefficient (Wildman–Crippen LogP) is 5.65. The Kier molecular flexibility index (Phi) is 5.36. The molecule has 126 valence electrons. The van der Waals surface area contributed by atoms with Crippen molar-refractivity contribution < 1.29 is 14.6 Å². The van der Waals surface area contributed by atoms with Gasteiger partial charge in [0.15, 0.2) is 17.3 Å². The SMILES string of the molecule is O=C(CCc1ccc(Cl)cc1)c1ccc(Oc2ccccc2)c(O)c1. The van der Waals surface area contributed by atoms with E-state index in [9.17, 15) is 9.90 Å². The minimum absolute atomic E-state index is 0.0310. The van der Waals surface area contributed by atoms with Crippen molar-refractivity contribution in [2.24, 2.45) is 0 Å². The fourth-order valence-electron chi connectivity index (χ4n) is 2.45. The monoisotopic (exact) mass is 352 g/mol. The maximum Gasteiger partial charge on any atom is 0.169 e. The lowest BCUT2D eigenvalue weighted by Crippen LogP contribution is -2.01. The number of aromatic hydroxyl groups is 1. The highest BCUT2D eigenvalue weighted by atomic mass is 35.5. The third kappa shape index (κ3) is 4.61. The third-order valence-electron chi connectivity index (χ3n) is 3.81. The molecule has 1 N–H and O–H groups in total. The average molecular weight is 353 g/mol. The Balaban J connectivity index is 1.65. The summed E-state index contributed by atoms with van der Waals surface area (Å²) in [7, 11) is 0. The van der Waals surface area contributed by atoms with Crippen molar-refractivity contribution in [3.05, 3.63) is 88.9 Å². The van der Waals surface area contributed by atoms with Crippen LogP contribution in [0.15, 0.2) is 72.8 Å². The molecule has 25 heavy (non-hydrogen) atoms. The molecule has 3 aromatic rings. The minimum Gasteiger partial charge on any atom is -0.504 e. The first kappa shape index (κ1) is 17.1. The molecule has 0 atom stereocenters. The third-order valence-corrected chi connectivity index (χ3v) is 4.06. The van der Waals surface area contributed by atoms with Gasteiger partial charge in [-0.05, 0) is 54.4 Å². The number of phenolic OH excluding ortho intramolecular Hbond substituents is 1. The number of para-hydroxylation sites is 1. The van der Waals surface area contributed by atoms with Gasteiger partial charge >= 0.3 is 0 Å². The summed E-state index contributed by atoms with van der Waals surface area (Å²) in [6, 6.07) is 21.3. The topological polar surface area (TPSA) is 46.5 Å². The molecule has 0 radical (unpaired) electrons. The van der Waals surface area contributed by atoms with Crippen molar-refractivity contribution in [3.8, 4) is 17.2 Å². The average Bonchev–Trinajstić information content (AvgIpc) is 2.63. The first-order chi connectivity index (χ1) is 12.1. The van der Waals surface area contributed by atoms with Gasteiger partial charge in [-0.25, -0.2) is 0 Å². The van der Waals surface area contributed by atoms with Crippen LogP contribution in [0.4, 0.5) is 0 Å². The van der Waals surface area contributed by atoms with Crippen LogP contribution in [0.25, 0.3) is 0 Å². The number of hydrogen-bond acceptors (Lipinski definition) is 3. The number of Topliss-reactive ketones (excluding diaryl/α,β-unsaturated/α-hetero) is 1. The van der Waals surface area contributed by atoms with Gasteiger partial charge in [-0.15, -0.1) is 0 Å². The Morgan fingerprint density at radius 3 is 2.36 bits per heavy atom. The largest absolute Gasteiger partial charge is 0.504 e. The van der Waals surface area contributed by atoms with Gasteiger partial charge in [0.1, 0.15) is 5.75 Å². The molecule has 4 heteroatoms. The highest BCUT2D eigenvalue weighted by molar-refractivity contribution is 6.30. The van der Waals surface area contributed by atoms with Gasteiger partial charge in [0, 0.05) is 17.0 Å². The molecule has 0 saturated carbocycles. The van der Waals surface area contributed by atoms with Crippen LogP contribution >= 0.6 is 11.6 Å². The smallest absolute Gasteiger partial charge is 0.169 e. The van der Waals surface area contributed by atoms with Crippen LogP contribution in [-0.4, -0.2) is 10.9 Å². The number of phenols is 1. The van der Waals surface area contributed by atoms with E-state index in [-0.39, 0.29) is 11.5 Å². The van der Waals surface area contributed by atoms with Crippen molar-refractivity contribution in [2.75, 3.05) is 0 Å². The van der Waals surface area contributed by atoms with Crippen LogP contribution in [0, 0.1) is 0 Å². The summed E-state index contributed by atoms with van der Waals surface area (Å²) in [5.41, 5.74) is 1.51. The first-order valence-electron chi connectivity index (χ1n) is 7.95. The molecule has 0 aromatic heterocycles. The number of aryl methyl sites for hydroxylation is 1. The zero-order chi connectivity index (χ0) is 17.6. The van der Waals surface area contributed by atoms with E-state index < -0.39 is 0 Å². The summed E-state index contributed by atoms with van der Waals surface area (Å²) in [4.78, 5) is 12.3. The molecule has 0 aliphatic rings. The number of ketones is 1. The van der Waals surface area contributed by atoms with Gasteiger partial charge in [-0.3, -0.25) is 4.79 Å². The summed E-state index contributed by atoms with van der Waals surface area (Å²) >= 11 is 5.85. The number of halogens is 1. The second kappa shape index (κ2) is 7.86. The van der Waals surface area contributed by atoms with Crippen molar-refractivity contribution in [1.29, 1.82) is 0 Å². The molecule has 3 nitrogen and oxygen atoms in total. The summed E-state index contributed by atoms with van der Waals surface area (Å²) in [5, 5.41) is 10.8. The van der Waals surface area contributed by atoms with Gasteiger partial charge in [-0.1, -0.05) is 41.9 Å². The maximum atomic E-state index is 12.3. The van der Waals surface area contributed by atoms with Crippen molar-refractivity contribution in [1.82, 2.24) is 0 Å². The number of hydrogen-bond donors (Lipinski definition) is 1. The Morgan fingerprint density at radius 2 is 1.68 bits per heavy atom. The molecule has 0 saturated heterocycles. The van der Waals surface area contributed by atoms with E-state index in [2.05, 4.69) is 0 Å². The fraction of sp³-hybridized carbons (Fsp3) is 0.0952. The Labute approximate surface area is 151 Å². The second-order valence-electron chi connectivity index (χ2n) is 5.65. The molecule has 0 bridgehead atoms. The van der Waals surface area contributed by atoms with Crippen LogP contribution in [0.5, 0.6) is 17.2 Å². The zero-order valence-electron chi connectivity index (χ0n) is 13.5. The quantitative estimate of drug-likeness (QED) is 0.583. The number of carbonyl (C=O) groups excluding carboxylic acids is 1. The Hall–Kier alpha value is -2.78. The summed E-state index contributed by atoms with van der Waals surface area (Å²) in [6.07, 6.45) is 0.985. The van der Waals surface area contributed by atoms with E-state index in [1.165, 1.54) is 6.07 Å². The van der Waals surface area contributed by atoms with E-state index in [0.29, 0.717) is 34.9 Å². The van der Waals surface area contributed by atoms with Gasteiger partial charge in [0.2, 0.25) is 0 Å². The normalized spacial score (nSPS) is 10.4. The van der Waals surface area contributed by atoms with Crippen LogP contribution < -0.4 is 4.74 Å². The summed E-state index contributed by atoms with van der Waals surface area (Å²) < 4.78 is 5.61. The standard InChI is InChI=1S/C21H17ClO3/c22-17-10-6-15(7-11-17)8-12-19(23)16-9-13-21(20(24)14-16)25-18-4-2-1-3-5-18/h1-7,9-11,13-14,24H,8,12H2. The lowest BCUT2D eigenvalue weighted by Gasteiger charge is -2.09. The molecular weight excluding hydrogens is 336 g/mol. The van der Waals surface area contributed by atoms with Gasteiger partial charge in [0.25, 0.3) is 0 Å². The van der Waals surface area contributed by atoms with Crippen LogP contribution in [0.2, 0.25) is 5.02 Å². The molecule has 0 aliphatic carbocycles. The van der Waals surface area contributed by atoms with Crippen LogP contribution in [0.3, 0.4) is 0 Å². The molecule has 0 fully saturated rings. The number of rotatable bonds is 6. The van der Waals surface area contributed by atoms with Crippen LogP contribution in [0.1, 0.15) is 22.3 Å². The van der Waals surface area contributed by atoms with Crippen molar-refractivity contribution in [3.63, 3.8) is 0 Å². The van der Waals surface area contributed by atoms with E-state index in [1.807, 2.05) is 42.5 Å². The number of ether oxygens (including phenoxy) is 1. The number of benzene rings is 3. The van der Waals surface area contributed by atoms with E-state index in [1.54, 1.807) is 24.3 Å². The summed E-state index contributed by atoms with van der Waals surface area (Å²) in [6.45, 7) is 0. The highest BCUT2D eigenvalue weighted by Gasteiger charge is 2.11. The maximum absolute atomic E-state index is 12.3. The van der Waals surface area contributed by atoms with E-state index in [4.69, 9.17) is 16.3 Å². The lowest BCUT2D eigenvalue weighted by atomic mass is 10.0. The molecule has 3 rings (SSSR count). The van der Waals surface area contributed by atoms with E-state index >= 15 is 0 Å². The van der Waals surface area contributed by atoms with E-state index in [0.717, 1.165) is 5.56 Å². The van der Waals surface area contributed by atoms with Gasteiger partial charge in [0.05, 0.1) is 0 Å². The first-order valence-corrected chi connectivity index (χ1v) is 8.33. The molecule has 0 unspecified atom stereocenters. The number of carbonyl (C=O) groups is 1. The Bertz CT molecular complexity index is 858. The minimum atomic E-state index is -0.0544. The molecule has 0 spiro atoms. The molecule has 3 aromatic carbocycles. The molecule has 0 amide bonds. The Morgan fingerprint density at radius 1 is 0.960 bits per heavy atom. The highest BCUT2D eigenvalue weighted by Crippen LogP contribution is 2.31. The van der Waals surface area contributed by atoms with Crippen molar-refractivity contribution >= 4 is 17.4 Å². The zero-order valence-corrected chi connectivity index (χ0v) is 14.2. The second-order valence-corrected chi connectivity index (χ2v) is 6.08. The molecule has 0 aliphatic heterocycles. The fourth-order valence-corrected chi connectivity index (χ4v) is 2.57. The summed E-state index contributed by atoms with van der Waals surface area (Å²) in [5.74, 6) is 0.859. The van der Waals surface area contributed by atoms with Gasteiger partial charge < -0.3 is 9.84 Å². The van der Waals surface area contributed by atoms with Gasteiger partial charge in [-0.2, -0.15) is 0 Å². The molecule has 0 heterocycles. The lowest BCUT2D eigenvalue weighted by molar-refractivity contribution is 0.0982.